The van der Waals surface area contributed by atoms with Gasteiger partial charge in [0.2, 0.25) is 0 Å². The molecule has 0 N–H and O–H groups in total. The second-order valence-electron chi connectivity index (χ2n) is 6.95. The topological polar surface area (TPSA) is 0 Å². The van der Waals surface area contributed by atoms with Crippen LogP contribution in [0.15, 0.2) is 54.6 Å². The molecule has 0 saturated carbocycles. The summed E-state index contributed by atoms with van der Waals surface area (Å²) in [5.74, 6) is 0. The van der Waals surface area contributed by atoms with Crippen LogP contribution in [0.2, 0.25) is 37.4 Å². The van der Waals surface area contributed by atoms with Crippen molar-refractivity contribution in [3.05, 3.63) is 54.6 Å². The highest BCUT2D eigenvalue weighted by molar-refractivity contribution is 7.88. The maximum atomic E-state index is 2.58. The van der Waals surface area contributed by atoms with E-state index in [1.54, 1.807) is 0 Å². The molecule has 0 bridgehead atoms. The van der Waals surface area contributed by atoms with Gasteiger partial charge in [0.1, 0.15) is 0 Å². The van der Waals surface area contributed by atoms with Gasteiger partial charge in [-0.3, -0.25) is 0 Å². The lowest BCUT2D eigenvalue weighted by atomic mass is 10.4. The Hall–Kier alpha value is -0.436. The van der Waals surface area contributed by atoms with Gasteiger partial charge in [0.05, 0.1) is 15.8 Å². The van der Waals surface area contributed by atoms with Crippen LogP contribution >= 0.6 is 8.13 Å². The van der Waals surface area contributed by atoms with E-state index in [0.29, 0.717) is 4.66 Å². The van der Waals surface area contributed by atoms with Crippen LogP contribution in [0.5, 0.6) is 0 Å². The van der Waals surface area contributed by atoms with Gasteiger partial charge in [-0.05, 0) is 5.30 Å². The van der Waals surface area contributed by atoms with Crippen molar-refractivity contribution in [2.75, 3.05) is 0 Å². The highest BCUT2D eigenvalue weighted by Gasteiger charge is 2.52. The minimum Gasteiger partial charge on any atom is -0.102 e. The van der Waals surface area contributed by atoms with Gasteiger partial charge >= 0.3 is 0 Å². The van der Waals surface area contributed by atoms with Gasteiger partial charge in [-0.25, -0.2) is 0 Å². The number of benzene rings is 1. The first kappa shape index (κ1) is 15.0. The van der Waals surface area contributed by atoms with E-state index < -0.39 is 15.8 Å². The minimum absolute atomic E-state index is 0.411. The third-order valence-electron chi connectivity index (χ3n) is 4.34. The average Bonchev–Trinajstić information content (AvgIpc) is 2.79. The van der Waals surface area contributed by atoms with Crippen LogP contribution in [-0.4, -0.2) is 15.8 Å². The SMILES string of the molecule is C[Si](C)(C)C1([Si](C)(C)Pc2ccccc2)C=CC=C1. The molecule has 3 heteroatoms. The zero-order chi connectivity index (χ0) is 14.1. The normalized spacial score (nSPS) is 18.6. The van der Waals surface area contributed by atoms with E-state index in [9.17, 15) is 0 Å². The molecule has 0 spiro atoms. The molecule has 2 rings (SSSR count). The quantitative estimate of drug-likeness (QED) is 0.546. The fourth-order valence-corrected chi connectivity index (χ4v) is 22.0. The smallest absolute Gasteiger partial charge is 0.0879 e. The molecule has 1 aromatic carbocycles. The van der Waals surface area contributed by atoms with Crippen molar-refractivity contribution in [1.29, 1.82) is 0 Å². The minimum atomic E-state index is -1.38. The molecule has 0 aromatic heterocycles. The van der Waals surface area contributed by atoms with Crippen LogP contribution in [0.3, 0.4) is 0 Å². The van der Waals surface area contributed by atoms with Crippen LogP contribution in [-0.2, 0) is 0 Å². The molecule has 0 nitrogen and oxygen atoms in total. The molecule has 1 atom stereocenters. The lowest BCUT2D eigenvalue weighted by Crippen LogP contribution is -2.51. The first-order valence-corrected chi connectivity index (χ1v) is 15.5. The van der Waals surface area contributed by atoms with E-state index in [4.69, 9.17) is 0 Å². The summed E-state index contributed by atoms with van der Waals surface area (Å²) in [6.07, 6.45) is 9.62. The van der Waals surface area contributed by atoms with Crippen molar-refractivity contribution < 1.29 is 0 Å². The van der Waals surface area contributed by atoms with Gasteiger partial charge in [0, 0.05) is 4.66 Å². The summed E-state index contributed by atoms with van der Waals surface area (Å²) in [5, 5.41) is 1.53. The van der Waals surface area contributed by atoms with Crippen molar-refractivity contribution in [3.63, 3.8) is 0 Å². The Morgan fingerprint density at radius 2 is 1.37 bits per heavy atom. The molecular formula is C16H25PSi2. The van der Waals surface area contributed by atoms with E-state index in [2.05, 4.69) is 87.4 Å². The summed E-state index contributed by atoms with van der Waals surface area (Å²) in [4.78, 5) is 0. The Balaban J connectivity index is 2.37. The van der Waals surface area contributed by atoms with Gasteiger partial charge in [0.15, 0.2) is 0 Å². The summed E-state index contributed by atoms with van der Waals surface area (Å²) in [6.45, 7) is 12.7. The monoisotopic (exact) mass is 304 g/mol. The second kappa shape index (κ2) is 5.16. The van der Waals surface area contributed by atoms with E-state index in [0.717, 1.165) is 8.13 Å². The highest BCUT2D eigenvalue weighted by Crippen LogP contribution is 2.57. The van der Waals surface area contributed by atoms with E-state index >= 15 is 0 Å². The zero-order valence-electron chi connectivity index (χ0n) is 12.7. The van der Waals surface area contributed by atoms with Crippen molar-refractivity contribution in [3.8, 4) is 0 Å². The van der Waals surface area contributed by atoms with Crippen LogP contribution in [0.1, 0.15) is 0 Å². The van der Waals surface area contributed by atoms with Gasteiger partial charge in [-0.2, -0.15) is 0 Å². The molecule has 0 fully saturated rings. The predicted octanol–water partition coefficient (Wildman–Crippen LogP) is 4.94. The summed E-state index contributed by atoms with van der Waals surface area (Å²) >= 11 is 0. The maximum Gasteiger partial charge on any atom is 0.0879 e. The van der Waals surface area contributed by atoms with E-state index in [1.807, 2.05) is 0 Å². The second-order valence-corrected chi connectivity index (χ2v) is 22.2. The summed E-state index contributed by atoms with van der Waals surface area (Å²) in [7, 11) is -1.67. The predicted molar refractivity (Wildman–Crippen MR) is 96.2 cm³/mol. The molecular weight excluding hydrogens is 279 g/mol. The third kappa shape index (κ3) is 2.72. The lowest BCUT2D eigenvalue weighted by molar-refractivity contribution is 1.12. The van der Waals surface area contributed by atoms with Crippen molar-refractivity contribution in [2.24, 2.45) is 0 Å². The first-order chi connectivity index (χ1) is 8.79. The maximum absolute atomic E-state index is 2.58. The average molecular weight is 305 g/mol. The molecule has 0 aliphatic heterocycles. The summed E-state index contributed by atoms with van der Waals surface area (Å²) in [6, 6.07) is 11.1. The Bertz CT molecular complexity index is 483. The Kier molecular flexibility index (Phi) is 4.06. The molecule has 1 aromatic rings. The van der Waals surface area contributed by atoms with Crippen molar-refractivity contribution in [1.82, 2.24) is 0 Å². The molecule has 1 unspecified atom stereocenters. The molecule has 19 heavy (non-hydrogen) atoms. The molecule has 0 radical (unpaired) electrons. The number of hydrogen-bond acceptors (Lipinski definition) is 0. The third-order valence-corrected chi connectivity index (χ3v) is 19.7. The highest BCUT2D eigenvalue weighted by atomic mass is 31.3. The number of rotatable bonds is 4. The van der Waals surface area contributed by atoms with Gasteiger partial charge in [-0.15, -0.1) is 8.13 Å². The Morgan fingerprint density at radius 3 is 1.84 bits per heavy atom. The number of allylic oxidation sites excluding steroid dienone is 4. The largest absolute Gasteiger partial charge is 0.102 e. The molecule has 0 saturated heterocycles. The summed E-state index contributed by atoms with van der Waals surface area (Å²) < 4.78 is 0.411. The molecule has 0 heterocycles. The molecule has 1 aliphatic rings. The van der Waals surface area contributed by atoms with Gasteiger partial charge in [0.25, 0.3) is 0 Å². The van der Waals surface area contributed by atoms with Gasteiger partial charge < -0.3 is 0 Å². The molecule has 1 aliphatic carbocycles. The number of hydrogen-bond donors (Lipinski definition) is 0. The van der Waals surface area contributed by atoms with Crippen LogP contribution in [0.4, 0.5) is 0 Å². The fourth-order valence-electron chi connectivity index (χ4n) is 3.31. The summed E-state index contributed by atoms with van der Waals surface area (Å²) in [5.41, 5.74) is 0. The molecule has 0 amide bonds. The Labute approximate surface area is 121 Å². The standard InChI is InChI=1S/C16H25PSi2/c1-18(2,3)16(13-9-10-14-16)19(4,5)17-15-11-7-6-8-12-15/h6-14,17H,1-5H3. The van der Waals surface area contributed by atoms with E-state index in [1.165, 1.54) is 5.30 Å². The van der Waals surface area contributed by atoms with Crippen molar-refractivity contribution in [2.45, 2.75) is 37.4 Å². The van der Waals surface area contributed by atoms with Crippen molar-refractivity contribution >= 4 is 29.2 Å². The molecule has 102 valence electrons. The van der Waals surface area contributed by atoms with Crippen LogP contribution < -0.4 is 5.30 Å². The Morgan fingerprint density at radius 1 is 0.842 bits per heavy atom. The van der Waals surface area contributed by atoms with Crippen LogP contribution in [0, 0.1) is 0 Å². The zero-order valence-corrected chi connectivity index (χ0v) is 15.7. The van der Waals surface area contributed by atoms with Crippen LogP contribution in [0.25, 0.3) is 0 Å². The van der Waals surface area contributed by atoms with Gasteiger partial charge in [-0.1, -0.05) is 87.4 Å². The fraction of sp³-hybridized carbons (Fsp3) is 0.375. The first-order valence-electron chi connectivity index (χ1n) is 6.99. The lowest BCUT2D eigenvalue weighted by Gasteiger charge is -2.48. The van der Waals surface area contributed by atoms with E-state index in [-0.39, 0.29) is 0 Å².